The quantitative estimate of drug-likeness (QED) is 0.701. The monoisotopic (exact) mass is 421 g/mol. The third kappa shape index (κ3) is 5.87. The number of hydrogen-bond acceptors (Lipinski definition) is 4. The standard InChI is InChI=1S/C22H26F3N3O2/c1-22(2,3)12-19(29)27-20-16(23)11-18-17(26-20)5-4-10-28(18)13-14-6-8-15(9-7-14)30-21(24)25/h6-9,11,21H,4-5,10,12-13H2,1-3H3,(H,26,27,29). The van der Waals surface area contributed by atoms with E-state index in [4.69, 9.17) is 0 Å². The first-order valence-corrected chi connectivity index (χ1v) is 9.89. The number of pyridine rings is 1. The second-order valence-corrected chi connectivity index (χ2v) is 8.62. The van der Waals surface area contributed by atoms with Gasteiger partial charge in [0.2, 0.25) is 5.91 Å². The van der Waals surface area contributed by atoms with Gasteiger partial charge in [-0.25, -0.2) is 9.37 Å². The molecule has 1 amide bonds. The maximum Gasteiger partial charge on any atom is 0.387 e. The van der Waals surface area contributed by atoms with E-state index < -0.39 is 12.4 Å². The molecular formula is C22H26F3N3O2. The number of anilines is 2. The number of amides is 1. The lowest BCUT2D eigenvalue weighted by Crippen LogP contribution is -2.30. The van der Waals surface area contributed by atoms with Gasteiger partial charge in [-0.15, -0.1) is 0 Å². The van der Waals surface area contributed by atoms with Crippen molar-refractivity contribution in [3.05, 3.63) is 47.4 Å². The molecule has 1 N–H and O–H groups in total. The normalized spacial score (nSPS) is 13.9. The molecule has 8 heteroatoms. The zero-order valence-electron chi connectivity index (χ0n) is 17.3. The molecule has 0 atom stereocenters. The Hall–Kier alpha value is -2.77. The van der Waals surface area contributed by atoms with E-state index in [0.717, 1.165) is 24.2 Å². The van der Waals surface area contributed by atoms with Gasteiger partial charge in [0.1, 0.15) is 5.75 Å². The summed E-state index contributed by atoms with van der Waals surface area (Å²) < 4.78 is 43.6. The summed E-state index contributed by atoms with van der Waals surface area (Å²) in [5, 5.41) is 2.58. The molecular weight excluding hydrogens is 395 g/mol. The number of carbonyl (C=O) groups excluding carboxylic acids is 1. The number of nitrogens with one attached hydrogen (secondary N) is 1. The van der Waals surface area contributed by atoms with Crippen LogP contribution in [0.25, 0.3) is 0 Å². The van der Waals surface area contributed by atoms with Gasteiger partial charge in [0, 0.05) is 25.6 Å². The molecule has 3 rings (SSSR count). The highest BCUT2D eigenvalue weighted by Crippen LogP contribution is 2.31. The van der Waals surface area contributed by atoms with Gasteiger partial charge in [0.05, 0.1) is 11.4 Å². The van der Waals surface area contributed by atoms with Crippen LogP contribution >= 0.6 is 0 Å². The minimum atomic E-state index is -2.86. The molecule has 1 aromatic carbocycles. The lowest BCUT2D eigenvalue weighted by Gasteiger charge is -2.31. The largest absolute Gasteiger partial charge is 0.435 e. The number of fused-ring (bicyclic) bond motifs is 1. The summed E-state index contributed by atoms with van der Waals surface area (Å²) in [4.78, 5) is 18.5. The number of alkyl halides is 2. The zero-order chi connectivity index (χ0) is 21.9. The van der Waals surface area contributed by atoms with Gasteiger partial charge >= 0.3 is 6.61 Å². The van der Waals surface area contributed by atoms with Crippen molar-refractivity contribution in [1.82, 2.24) is 4.98 Å². The van der Waals surface area contributed by atoms with Gasteiger partial charge in [-0.2, -0.15) is 8.78 Å². The number of ether oxygens (including phenoxy) is 1. The molecule has 162 valence electrons. The molecule has 0 radical (unpaired) electrons. The predicted octanol–water partition coefficient (Wildman–Crippen LogP) is 5.15. The number of rotatable bonds is 6. The van der Waals surface area contributed by atoms with Crippen LogP contribution in [0.15, 0.2) is 30.3 Å². The topological polar surface area (TPSA) is 54.5 Å². The van der Waals surface area contributed by atoms with Gasteiger partial charge in [0.15, 0.2) is 11.6 Å². The van der Waals surface area contributed by atoms with Crippen molar-refractivity contribution in [3.8, 4) is 5.75 Å². The van der Waals surface area contributed by atoms with E-state index >= 15 is 0 Å². The number of aryl methyl sites for hydroxylation is 1. The van der Waals surface area contributed by atoms with Gasteiger partial charge in [0.25, 0.3) is 0 Å². The molecule has 0 fully saturated rings. The molecule has 2 heterocycles. The minimum absolute atomic E-state index is 0.0432. The van der Waals surface area contributed by atoms with Crippen LogP contribution in [0.3, 0.4) is 0 Å². The fourth-order valence-electron chi connectivity index (χ4n) is 3.44. The number of nitrogens with zero attached hydrogens (tertiary/aromatic N) is 2. The maximum atomic E-state index is 14.7. The molecule has 30 heavy (non-hydrogen) atoms. The van der Waals surface area contributed by atoms with E-state index in [9.17, 15) is 18.0 Å². The van der Waals surface area contributed by atoms with E-state index in [1.165, 1.54) is 18.2 Å². The molecule has 2 aromatic rings. The molecule has 5 nitrogen and oxygen atoms in total. The smallest absolute Gasteiger partial charge is 0.387 e. The summed E-state index contributed by atoms with van der Waals surface area (Å²) in [6.07, 6.45) is 1.80. The molecule has 0 saturated carbocycles. The second-order valence-electron chi connectivity index (χ2n) is 8.62. The van der Waals surface area contributed by atoms with Crippen LogP contribution in [-0.4, -0.2) is 24.0 Å². The SMILES string of the molecule is CC(C)(C)CC(=O)Nc1nc2c(cc1F)N(Cc1ccc(OC(F)F)cc1)CCC2. The van der Waals surface area contributed by atoms with Crippen molar-refractivity contribution in [2.45, 2.75) is 53.2 Å². The van der Waals surface area contributed by atoms with Crippen molar-refractivity contribution in [2.24, 2.45) is 5.41 Å². The fraction of sp³-hybridized carbons (Fsp3) is 0.455. The Morgan fingerprint density at radius 2 is 1.97 bits per heavy atom. The van der Waals surface area contributed by atoms with Crippen LogP contribution in [0.1, 0.15) is 44.9 Å². The van der Waals surface area contributed by atoms with Gasteiger partial charge in [-0.3, -0.25) is 4.79 Å². The van der Waals surface area contributed by atoms with Crippen molar-refractivity contribution in [1.29, 1.82) is 0 Å². The maximum absolute atomic E-state index is 14.7. The fourth-order valence-corrected chi connectivity index (χ4v) is 3.44. The van der Waals surface area contributed by atoms with E-state index in [2.05, 4.69) is 15.0 Å². The van der Waals surface area contributed by atoms with Crippen LogP contribution in [0.4, 0.5) is 24.7 Å². The summed E-state index contributed by atoms with van der Waals surface area (Å²) in [6.45, 7) is 4.16. The van der Waals surface area contributed by atoms with Crippen LogP contribution in [0, 0.1) is 11.2 Å². The number of carbonyl (C=O) groups is 1. The van der Waals surface area contributed by atoms with Crippen molar-refractivity contribution >= 4 is 17.4 Å². The zero-order valence-corrected chi connectivity index (χ0v) is 17.3. The Balaban J connectivity index is 1.74. The van der Waals surface area contributed by atoms with E-state index in [0.29, 0.717) is 18.7 Å². The molecule has 0 saturated heterocycles. The lowest BCUT2D eigenvalue weighted by molar-refractivity contribution is -0.117. The van der Waals surface area contributed by atoms with Gasteiger partial charge in [-0.1, -0.05) is 32.9 Å². The average molecular weight is 421 g/mol. The van der Waals surface area contributed by atoms with Gasteiger partial charge < -0.3 is 15.0 Å². The van der Waals surface area contributed by atoms with Crippen molar-refractivity contribution in [3.63, 3.8) is 0 Å². The summed E-state index contributed by atoms with van der Waals surface area (Å²) in [7, 11) is 0. The molecule has 0 spiro atoms. The van der Waals surface area contributed by atoms with Crippen LogP contribution < -0.4 is 15.0 Å². The number of hydrogen-bond donors (Lipinski definition) is 1. The highest BCUT2D eigenvalue weighted by molar-refractivity contribution is 5.90. The van der Waals surface area contributed by atoms with Crippen molar-refractivity contribution in [2.75, 3.05) is 16.8 Å². The lowest BCUT2D eigenvalue weighted by atomic mass is 9.92. The predicted molar refractivity (Wildman–Crippen MR) is 109 cm³/mol. The molecule has 1 aliphatic heterocycles. The Morgan fingerprint density at radius 1 is 1.27 bits per heavy atom. The number of benzene rings is 1. The highest BCUT2D eigenvalue weighted by atomic mass is 19.3. The Morgan fingerprint density at radius 3 is 2.60 bits per heavy atom. The average Bonchev–Trinajstić information content (AvgIpc) is 2.62. The minimum Gasteiger partial charge on any atom is -0.435 e. The first kappa shape index (κ1) is 21.9. The Bertz CT molecular complexity index is 896. The Labute approximate surface area is 174 Å². The summed E-state index contributed by atoms with van der Waals surface area (Å²) in [6, 6.07) is 7.79. The summed E-state index contributed by atoms with van der Waals surface area (Å²) in [5.74, 6) is -0.800. The Kier molecular flexibility index (Phi) is 6.53. The number of halogens is 3. The van der Waals surface area contributed by atoms with E-state index in [1.54, 1.807) is 12.1 Å². The van der Waals surface area contributed by atoms with Gasteiger partial charge in [-0.05, 0) is 36.0 Å². The molecule has 0 unspecified atom stereocenters. The van der Waals surface area contributed by atoms with Crippen molar-refractivity contribution < 1.29 is 22.7 Å². The third-order valence-corrected chi connectivity index (χ3v) is 4.69. The summed E-state index contributed by atoms with van der Waals surface area (Å²) >= 11 is 0. The third-order valence-electron chi connectivity index (χ3n) is 4.69. The summed E-state index contributed by atoms with van der Waals surface area (Å²) in [5.41, 5.74) is 2.08. The van der Waals surface area contributed by atoms with E-state index in [1.807, 2.05) is 25.7 Å². The molecule has 1 aliphatic rings. The molecule has 0 aliphatic carbocycles. The first-order chi connectivity index (χ1) is 14.1. The molecule has 1 aromatic heterocycles. The second kappa shape index (κ2) is 8.93. The van der Waals surface area contributed by atoms with Crippen LogP contribution in [0.2, 0.25) is 0 Å². The first-order valence-electron chi connectivity index (χ1n) is 9.89. The van der Waals surface area contributed by atoms with Crippen LogP contribution in [0.5, 0.6) is 5.75 Å². The molecule has 0 bridgehead atoms. The number of aromatic nitrogens is 1. The highest BCUT2D eigenvalue weighted by Gasteiger charge is 2.23. The van der Waals surface area contributed by atoms with E-state index in [-0.39, 0.29) is 29.3 Å². The van der Waals surface area contributed by atoms with Crippen LogP contribution in [-0.2, 0) is 17.8 Å².